The number of rotatable bonds is 7. The Hall–Kier alpha value is -3.22. The molecule has 0 fully saturated rings. The molecule has 0 aliphatic carbocycles. The van der Waals surface area contributed by atoms with Crippen LogP contribution in [-0.2, 0) is 19.1 Å². The molecule has 0 radical (unpaired) electrons. The zero-order chi connectivity index (χ0) is 18.2. The number of carbonyl (C=O) groups excluding carboxylic acids is 3. The number of pyridine rings is 1. The number of aromatic nitrogens is 1. The first-order valence-electron chi connectivity index (χ1n) is 7.39. The molecule has 2 rings (SSSR count). The number of benzene rings is 1. The highest BCUT2D eigenvalue weighted by Gasteiger charge is 2.27. The molecular weight excluding hydrogens is 326 g/mol. The molecule has 0 amide bonds. The Bertz CT molecular complexity index is 742. The smallest absolute Gasteiger partial charge is 0.318 e. The van der Waals surface area contributed by atoms with E-state index < -0.39 is 30.2 Å². The SMILES string of the molecule is COC(=O)CC(=O)OC(C(=O)c1ccc(OC)cc1)c1cccnc1. The molecule has 0 spiro atoms. The van der Waals surface area contributed by atoms with Crippen molar-refractivity contribution < 1.29 is 28.6 Å². The van der Waals surface area contributed by atoms with Gasteiger partial charge in [0, 0.05) is 23.5 Å². The monoisotopic (exact) mass is 343 g/mol. The van der Waals surface area contributed by atoms with Crippen LogP contribution in [-0.4, -0.2) is 36.9 Å². The Morgan fingerprint density at radius 3 is 2.32 bits per heavy atom. The van der Waals surface area contributed by atoms with Crippen molar-refractivity contribution in [2.75, 3.05) is 14.2 Å². The van der Waals surface area contributed by atoms with Gasteiger partial charge in [0.2, 0.25) is 5.78 Å². The summed E-state index contributed by atoms with van der Waals surface area (Å²) in [6.07, 6.45) is 1.18. The highest BCUT2D eigenvalue weighted by atomic mass is 16.6. The molecule has 25 heavy (non-hydrogen) atoms. The van der Waals surface area contributed by atoms with Gasteiger partial charge in [0.05, 0.1) is 14.2 Å². The summed E-state index contributed by atoms with van der Waals surface area (Å²) in [5, 5.41) is 0. The van der Waals surface area contributed by atoms with Crippen molar-refractivity contribution in [3.8, 4) is 5.75 Å². The van der Waals surface area contributed by atoms with E-state index in [0.717, 1.165) is 7.11 Å². The molecule has 1 unspecified atom stereocenters. The number of nitrogens with zero attached hydrogens (tertiary/aromatic N) is 1. The number of hydrogen-bond acceptors (Lipinski definition) is 7. The van der Waals surface area contributed by atoms with E-state index in [1.54, 1.807) is 36.4 Å². The second kappa shape index (κ2) is 8.58. The van der Waals surface area contributed by atoms with E-state index in [4.69, 9.17) is 9.47 Å². The van der Waals surface area contributed by atoms with Crippen molar-refractivity contribution >= 4 is 17.7 Å². The predicted molar refractivity (Wildman–Crippen MR) is 87.0 cm³/mol. The van der Waals surface area contributed by atoms with Crippen LogP contribution >= 0.6 is 0 Å². The molecule has 0 aliphatic rings. The number of ketones is 1. The van der Waals surface area contributed by atoms with Crippen molar-refractivity contribution in [2.45, 2.75) is 12.5 Å². The molecular formula is C18H17NO6. The van der Waals surface area contributed by atoms with E-state index in [-0.39, 0.29) is 0 Å². The van der Waals surface area contributed by atoms with E-state index >= 15 is 0 Å². The number of ether oxygens (including phenoxy) is 3. The summed E-state index contributed by atoms with van der Waals surface area (Å²) in [4.78, 5) is 39.8. The lowest BCUT2D eigenvalue weighted by molar-refractivity contribution is -0.155. The minimum atomic E-state index is -1.21. The summed E-state index contributed by atoms with van der Waals surface area (Å²) < 4.78 is 14.7. The summed E-state index contributed by atoms with van der Waals surface area (Å²) in [6.45, 7) is 0. The quantitative estimate of drug-likeness (QED) is 0.432. The average Bonchev–Trinajstić information content (AvgIpc) is 2.66. The van der Waals surface area contributed by atoms with E-state index in [2.05, 4.69) is 9.72 Å². The van der Waals surface area contributed by atoms with Crippen molar-refractivity contribution in [3.05, 3.63) is 59.9 Å². The van der Waals surface area contributed by atoms with Gasteiger partial charge in [-0.15, -0.1) is 0 Å². The molecule has 1 heterocycles. The van der Waals surface area contributed by atoms with E-state index in [1.165, 1.54) is 19.5 Å². The average molecular weight is 343 g/mol. The fraction of sp³-hybridized carbons (Fsp3) is 0.222. The first-order valence-corrected chi connectivity index (χ1v) is 7.39. The van der Waals surface area contributed by atoms with Crippen LogP contribution in [0.5, 0.6) is 5.75 Å². The molecule has 1 atom stereocenters. The van der Waals surface area contributed by atoms with Gasteiger partial charge in [-0.2, -0.15) is 0 Å². The van der Waals surface area contributed by atoms with Gasteiger partial charge in [-0.25, -0.2) is 0 Å². The molecule has 2 aromatic rings. The third kappa shape index (κ3) is 4.87. The normalized spacial score (nSPS) is 11.3. The van der Waals surface area contributed by atoms with Crippen LogP contribution < -0.4 is 4.74 Å². The molecule has 0 saturated heterocycles. The lowest BCUT2D eigenvalue weighted by Crippen LogP contribution is -2.22. The summed E-state index contributed by atoms with van der Waals surface area (Å²) in [5.74, 6) is -1.44. The molecule has 1 aromatic heterocycles. The molecule has 130 valence electrons. The lowest BCUT2D eigenvalue weighted by Gasteiger charge is -2.17. The fourth-order valence-electron chi connectivity index (χ4n) is 2.07. The van der Waals surface area contributed by atoms with Crippen molar-refractivity contribution in [3.63, 3.8) is 0 Å². The molecule has 7 nitrogen and oxygen atoms in total. The topological polar surface area (TPSA) is 91.8 Å². The maximum absolute atomic E-state index is 12.8. The third-order valence-electron chi connectivity index (χ3n) is 3.37. The summed E-state index contributed by atoms with van der Waals surface area (Å²) in [6, 6.07) is 9.63. The molecule has 1 aromatic carbocycles. The predicted octanol–water partition coefficient (Wildman–Crippen LogP) is 2.12. The highest BCUT2D eigenvalue weighted by molar-refractivity contribution is 6.01. The minimum Gasteiger partial charge on any atom is -0.497 e. The second-order valence-corrected chi connectivity index (χ2v) is 5.00. The standard InChI is InChI=1S/C18H17NO6/c1-23-14-7-5-12(6-8-14)17(22)18(13-4-3-9-19-11-13)25-16(21)10-15(20)24-2/h3-9,11,18H,10H2,1-2H3. The van der Waals surface area contributed by atoms with E-state index in [1.807, 2.05) is 0 Å². The number of Topliss-reactive ketones (excluding diaryl/α,β-unsaturated/α-hetero) is 1. The van der Waals surface area contributed by atoms with Crippen LogP contribution in [0.15, 0.2) is 48.8 Å². The first kappa shape index (κ1) is 18.1. The Morgan fingerprint density at radius 1 is 1.04 bits per heavy atom. The summed E-state index contributed by atoms with van der Waals surface area (Å²) in [5.41, 5.74) is 0.738. The van der Waals surface area contributed by atoms with Gasteiger partial charge >= 0.3 is 11.9 Å². The number of methoxy groups -OCH3 is 2. The minimum absolute atomic E-state index is 0.334. The first-order chi connectivity index (χ1) is 12.0. The number of carbonyl (C=O) groups is 3. The van der Waals surface area contributed by atoms with Crippen LogP contribution in [0.2, 0.25) is 0 Å². The summed E-state index contributed by atoms with van der Waals surface area (Å²) >= 11 is 0. The van der Waals surface area contributed by atoms with Crippen LogP contribution in [0.4, 0.5) is 0 Å². The largest absolute Gasteiger partial charge is 0.497 e. The lowest BCUT2D eigenvalue weighted by atomic mass is 10.0. The second-order valence-electron chi connectivity index (χ2n) is 5.00. The van der Waals surface area contributed by atoms with Crippen molar-refractivity contribution in [2.24, 2.45) is 0 Å². The molecule has 0 N–H and O–H groups in total. The Labute approximate surface area is 144 Å². The highest BCUT2D eigenvalue weighted by Crippen LogP contribution is 2.24. The zero-order valence-corrected chi connectivity index (χ0v) is 13.8. The maximum Gasteiger partial charge on any atom is 0.318 e. The van der Waals surface area contributed by atoms with Crippen LogP contribution in [0.25, 0.3) is 0 Å². The van der Waals surface area contributed by atoms with E-state index in [9.17, 15) is 14.4 Å². The van der Waals surface area contributed by atoms with Gasteiger partial charge in [0.25, 0.3) is 0 Å². The van der Waals surface area contributed by atoms with Gasteiger partial charge in [0.1, 0.15) is 12.2 Å². The fourth-order valence-corrected chi connectivity index (χ4v) is 2.07. The molecule has 0 saturated carbocycles. The van der Waals surface area contributed by atoms with Crippen LogP contribution in [0.1, 0.15) is 28.4 Å². The van der Waals surface area contributed by atoms with Gasteiger partial charge < -0.3 is 14.2 Å². The Morgan fingerprint density at radius 2 is 1.76 bits per heavy atom. The molecule has 7 heteroatoms. The number of esters is 2. The maximum atomic E-state index is 12.8. The van der Waals surface area contributed by atoms with Crippen LogP contribution in [0, 0.1) is 0 Å². The van der Waals surface area contributed by atoms with Crippen molar-refractivity contribution in [1.82, 2.24) is 4.98 Å². The molecule has 0 bridgehead atoms. The van der Waals surface area contributed by atoms with Gasteiger partial charge in [0.15, 0.2) is 6.10 Å². The van der Waals surface area contributed by atoms with Gasteiger partial charge in [-0.3, -0.25) is 19.4 Å². The van der Waals surface area contributed by atoms with Crippen LogP contribution in [0.3, 0.4) is 0 Å². The third-order valence-corrected chi connectivity index (χ3v) is 3.37. The van der Waals surface area contributed by atoms with Crippen molar-refractivity contribution in [1.29, 1.82) is 0 Å². The Kier molecular flexibility index (Phi) is 6.22. The summed E-state index contributed by atoms with van der Waals surface area (Å²) in [7, 11) is 2.68. The molecule has 0 aliphatic heterocycles. The zero-order valence-electron chi connectivity index (χ0n) is 13.8. The van der Waals surface area contributed by atoms with Gasteiger partial charge in [-0.1, -0.05) is 6.07 Å². The number of hydrogen-bond donors (Lipinski definition) is 0. The van der Waals surface area contributed by atoms with Gasteiger partial charge in [-0.05, 0) is 30.3 Å². The van der Waals surface area contributed by atoms with E-state index in [0.29, 0.717) is 16.9 Å². The Balaban J connectivity index is 2.25.